The predicted octanol–water partition coefficient (Wildman–Crippen LogP) is 3.49. The van der Waals surface area contributed by atoms with Gasteiger partial charge in [-0.1, -0.05) is 52.0 Å². The zero-order valence-corrected chi connectivity index (χ0v) is 29.2. The van der Waals surface area contributed by atoms with Crippen LogP contribution in [0.15, 0.2) is 36.0 Å². The Morgan fingerprint density at radius 1 is 1.26 bits per heavy atom. The summed E-state index contributed by atoms with van der Waals surface area (Å²) in [5, 5.41) is 43.2. The van der Waals surface area contributed by atoms with Gasteiger partial charge >= 0.3 is 12.1 Å². The average Bonchev–Trinajstić information content (AvgIpc) is 3.44. The highest BCUT2D eigenvalue weighted by Gasteiger charge is 2.48. The molecule has 10 unspecified atom stereocenters. The Bertz CT molecular complexity index is 1180. The first-order valence-electron chi connectivity index (χ1n) is 17.5. The molecule has 0 aliphatic carbocycles. The first kappa shape index (κ1) is 37.5. The standard InChI is InChI=1S/C36H58N2O9/c1-8-28(40)24(5)33-29(45-33)19-35(6,43)15-10-11-22(3)32-23(4)12-13-30(36(7,44)16-14-27(39)18-31(41)47-32)46-34(42)38-21-25-17-26(38)20-37(25)9-2/h10-13,15,23-30,32-33,39-40,43-44H,8-9,14,16-21H2,1-7H3/t23?,24?,25-,26-,27?,28?,29?,30?,32?,33?,35?,36?/m0/s1. The van der Waals surface area contributed by atoms with Crippen molar-refractivity contribution in [3.05, 3.63) is 36.0 Å². The minimum Gasteiger partial charge on any atom is -0.457 e. The molecule has 11 heteroatoms. The van der Waals surface area contributed by atoms with Crippen molar-refractivity contribution in [3.63, 3.8) is 0 Å². The zero-order valence-electron chi connectivity index (χ0n) is 29.2. The van der Waals surface area contributed by atoms with Crippen LogP contribution < -0.4 is 0 Å². The molecule has 4 heterocycles. The van der Waals surface area contributed by atoms with Crippen LogP contribution in [0.25, 0.3) is 0 Å². The number of amides is 1. The molecule has 266 valence electrons. The molecule has 4 aliphatic heterocycles. The summed E-state index contributed by atoms with van der Waals surface area (Å²) in [4.78, 5) is 30.3. The molecule has 4 aliphatic rings. The quantitative estimate of drug-likeness (QED) is 0.118. The molecule has 12 atom stereocenters. The molecular formula is C36H58N2O9. The Labute approximate surface area is 280 Å². The van der Waals surface area contributed by atoms with Crippen molar-refractivity contribution >= 4 is 12.1 Å². The van der Waals surface area contributed by atoms with E-state index in [0.717, 1.165) is 19.5 Å². The van der Waals surface area contributed by atoms with Crippen molar-refractivity contribution in [1.82, 2.24) is 9.80 Å². The number of allylic oxidation sites excluding steroid dienone is 2. The number of carbonyl (C=O) groups is 2. The van der Waals surface area contributed by atoms with Gasteiger partial charge in [-0.25, -0.2) is 4.79 Å². The van der Waals surface area contributed by atoms with Crippen LogP contribution in [0.5, 0.6) is 0 Å². The third-order valence-corrected chi connectivity index (χ3v) is 10.6. The molecule has 11 nitrogen and oxygen atoms in total. The molecule has 1 amide bonds. The van der Waals surface area contributed by atoms with Gasteiger partial charge in [-0.3, -0.25) is 9.69 Å². The highest BCUT2D eigenvalue weighted by Crippen LogP contribution is 2.38. The lowest BCUT2D eigenvalue weighted by atomic mass is 9.88. The van der Waals surface area contributed by atoms with Gasteiger partial charge < -0.3 is 39.5 Å². The zero-order chi connectivity index (χ0) is 34.7. The minimum atomic E-state index is -1.48. The molecular weight excluding hydrogens is 604 g/mol. The molecule has 0 spiro atoms. The monoisotopic (exact) mass is 662 g/mol. The molecule has 47 heavy (non-hydrogen) atoms. The summed E-state index contributed by atoms with van der Waals surface area (Å²) < 4.78 is 17.6. The highest BCUT2D eigenvalue weighted by molar-refractivity contribution is 5.70. The van der Waals surface area contributed by atoms with Gasteiger partial charge in [-0.05, 0) is 64.6 Å². The maximum atomic E-state index is 13.4. The Kier molecular flexibility index (Phi) is 12.4. The maximum absolute atomic E-state index is 13.4. The van der Waals surface area contributed by atoms with E-state index in [2.05, 4.69) is 11.8 Å². The molecule has 3 saturated heterocycles. The van der Waals surface area contributed by atoms with E-state index in [-0.39, 0.29) is 49.3 Å². The van der Waals surface area contributed by atoms with Crippen molar-refractivity contribution < 1.29 is 44.2 Å². The number of ether oxygens (including phenoxy) is 3. The van der Waals surface area contributed by atoms with Gasteiger partial charge in [0.05, 0.1) is 36.4 Å². The van der Waals surface area contributed by atoms with Crippen LogP contribution >= 0.6 is 0 Å². The van der Waals surface area contributed by atoms with Gasteiger partial charge in [0, 0.05) is 43.4 Å². The third kappa shape index (κ3) is 9.67. The Morgan fingerprint density at radius 3 is 2.62 bits per heavy atom. The number of hydrogen-bond donors (Lipinski definition) is 4. The summed E-state index contributed by atoms with van der Waals surface area (Å²) in [6.45, 7) is 15.4. The van der Waals surface area contributed by atoms with E-state index in [1.807, 2.05) is 27.7 Å². The number of rotatable bonds is 10. The number of piperazine rings is 1. The second-order valence-electron chi connectivity index (χ2n) is 14.8. The van der Waals surface area contributed by atoms with E-state index in [1.54, 1.807) is 49.1 Å². The van der Waals surface area contributed by atoms with Crippen molar-refractivity contribution in [2.24, 2.45) is 11.8 Å². The van der Waals surface area contributed by atoms with Gasteiger partial charge in [0.25, 0.3) is 0 Å². The van der Waals surface area contributed by atoms with E-state index in [1.165, 1.54) is 0 Å². The summed E-state index contributed by atoms with van der Waals surface area (Å²) in [6, 6.07) is 0.417. The van der Waals surface area contributed by atoms with E-state index in [4.69, 9.17) is 14.2 Å². The second kappa shape index (κ2) is 15.5. The number of aliphatic hydroxyl groups excluding tert-OH is 2. The number of aliphatic hydroxyl groups is 4. The molecule has 0 aromatic heterocycles. The SMILES string of the molecule is CCC(O)C(C)C1OC1CC(C)(O)C=CC=C(C)C1OC(=O)CC(O)CCC(C)(O)C(OC(=O)N2C[C@@H]3C[C@H]2CN3CC)C=CC1C. The van der Waals surface area contributed by atoms with Crippen molar-refractivity contribution in [2.75, 3.05) is 19.6 Å². The van der Waals surface area contributed by atoms with E-state index in [0.29, 0.717) is 31.0 Å². The van der Waals surface area contributed by atoms with Gasteiger partial charge in [0.1, 0.15) is 11.7 Å². The summed E-state index contributed by atoms with van der Waals surface area (Å²) in [5.74, 6) is -0.935. The van der Waals surface area contributed by atoms with Crippen molar-refractivity contribution in [1.29, 1.82) is 0 Å². The number of likely N-dealkylation sites (N-methyl/N-ethyl adjacent to an activating group) is 1. The average molecular weight is 663 g/mol. The van der Waals surface area contributed by atoms with Gasteiger partial charge in [0.2, 0.25) is 0 Å². The number of fused-ring (bicyclic) bond motifs is 2. The van der Waals surface area contributed by atoms with Crippen LogP contribution in [0.3, 0.4) is 0 Å². The summed E-state index contributed by atoms with van der Waals surface area (Å²) in [7, 11) is 0. The highest BCUT2D eigenvalue weighted by atomic mass is 16.6. The van der Waals surface area contributed by atoms with E-state index >= 15 is 0 Å². The number of hydrogen-bond acceptors (Lipinski definition) is 10. The normalized spacial score (nSPS) is 38.0. The van der Waals surface area contributed by atoms with Crippen LogP contribution in [-0.4, -0.2) is 122 Å². The van der Waals surface area contributed by atoms with Crippen molar-refractivity contribution in [3.8, 4) is 0 Å². The van der Waals surface area contributed by atoms with E-state index in [9.17, 15) is 30.0 Å². The molecule has 0 aromatic rings. The smallest absolute Gasteiger partial charge is 0.410 e. The second-order valence-corrected chi connectivity index (χ2v) is 14.8. The van der Waals surface area contributed by atoms with Crippen LogP contribution in [0.1, 0.15) is 87.0 Å². The summed E-state index contributed by atoms with van der Waals surface area (Å²) in [6.07, 6.45) is 6.77. The molecule has 0 saturated carbocycles. The van der Waals surface area contributed by atoms with Gasteiger partial charge in [-0.15, -0.1) is 0 Å². The number of esters is 1. The first-order valence-corrected chi connectivity index (χ1v) is 17.5. The van der Waals surface area contributed by atoms with Crippen LogP contribution in [0.4, 0.5) is 4.79 Å². The summed E-state index contributed by atoms with van der Waals surface area (Å²) >= 11 is 0. The van der Waals surface area contributed by atoms with Crippen LogP contribution in [0.2, 0.25) is 0 Å². The molecule has 4 rings (SSSR count). The minimum absolute atomic E-state index is 0.00958. The molecule has 0 aromatic carbocycles. The largest absolute Gasteiger partial charge is 0.457 e. The third-order valence-electron chi connectivity index (χ3n) is 10.6. The molecule has 3 fully saturated rings. The van der Waals surface area contributed by atoms with E-state index < -0.39 is 47.7 Å². The van der Waals surface area contributed by atoms with Gasteiger partial charge in [0.15, 0.2) is 6.10 Å². The fourth-order valence-corrected chi connectivity index (χ4v) is 7.34. The Morgan fingerprint density at radius 2 is 1.98 bits per heavy atom. The fraction of sp³-hybridized carbons (Fsp3) is 0.778. The first-order chi connectivity index (χ1) is 22.0. The Hall–Kier alpha value is -2.28. The van der Waals surface area contributed by atoms with Crippen molar-refractivity contribution in [2.45, 2.75) is 147 Å². The van der Waals surface area contributed by atoms with Crippen LogP contribution in [0, 0.1) is 11.8 Å². The topological polar surface area (TPSA) is 153 Å². The lowest BCUT2D eigenvalue weighted by molar-refractivity contribution is -0.151. The number of nitrogens with zero attached hydrogens (tertiary/aromatic N) is 2. The summed E-state index contributed by atoms with van der Waals surface area (Å²) in [5.41, 5.74) is -1.92. The molecule has 2 bridgehead atoms. The molecule has 0 radical (unpaired) electrons. The maximum Gasteiger partial charge on any atom is 0.410 e. The number of cyclic esters (lactones) is 1. The lowest BCUT2D eigenvalue weighted by Gasteiger charge is -2.36. The predicted molar refractivity (Wildman–Crippen MR) is 177 cm³/mol. The molecule has 4 N–H and O–H groups in total. The Balaban J connectivity index is 1.46. The number of carbonyl (C=O) groups excluding carboxylic acids is 2. The van der Waals surface area contributed by atoms with Crippen LogP contribution in [-0.2, 0) is 19.0 Å². The van der Waals surface area contributed by atoms with Gasteiger partial charge in [-0.2, -0.15) is 0 Å². The lowest BCUT2D eigenvalue weighted by Crippen LogP contribution is -2.51. The number of likely N-dealkylation sites (tertiary alicyclic amines) is 2. The fourth-order valence-electron chi connectivity index (χ4n) is 7.34. The number of epoxide rings is 1.